The zero-order valence-corrected chi connectivity index (χ0v) is 23.1. The van der Waals surface area contributed by atoms with Crippen molar-refractivity contribution < 1.29 is 19.0 Å². The van der Waals surface area contributed by atoms with E-state index in [1.165, 1.54) is 16.3 Å². The topological polar surface area (TPSA) is 134 Å². The number of ether oxygens (including phenoxy) is 3. The Labute approximate surface area is 241 Å². The highest BCUT2D eigenvalue weighted by Crippen LogP contribution is 2.36. The highest BCUT2D eigenvalue weighted by Gasteiger charge is 2.44. The van der Waals surface area contributed by atoms with Crippen LogP contribution in [0.15, 0.2) is 49.2 Å². The fourth-order valence-electron chi connectivity index (χ4n) is 5.93. The van der Waals surface area contributed by atoms with Crippen molar-refractivity contribution in [2.24, 2.45) is 0 Å². The quantitative estimate of drug-likeness (QED) is 0.340. The van der Waals surface area contributed by atoms with E-state index in [-0.39, 0.29) is 0 Å². The molecule has 0 N–H and O–H groups in total. The Hall–Kier alpha value is -4.80. The average Bonchev–Trinajstić information content (AvgIpc) is 3.47. The van der Waals surface area contributed by atoms with Gasteiger partial charge in [-0.05, 0) is 18.1 Å². The summed E-state index contributed by atoms with van der Waals surface area (Å²) in [5.74, 6) is 1.73. The van der Waals surface area contributed by atoms with Crippen LogP contribution in [0.1, 0.15) is 17.5 Å². The monoisotopic (exact) mass is 567 g/mol. The van der Waals surface area contributed by atoms with Crippen LogP contribution in [0.3, 0.4) is 0 Å². The van der Waals surface area contributed by atoms with Gasteiger partial charge in [-0.3, -0.25) is 9.88 Å². The molecule has 8 heterocycles. The van der Waals surface area contributed by atoms with Crippen LogP contribution in [0.5, 0.6) is 11.6 Å². The number of anilines is 1. The number of methoxy groups -OCH3 is 1. The van der Waals surface area contributed by atoms with Gasteiger partial charge in [0.1, 0.15) is 11.9 Å². The maximum Gasteiger partial charge on any atom is 0.415 e. The maximum absolute atomic E-state index is 12.7. The molecule has 2 bridgehead atoms. The number of hydrogen-bond donors (Lipinski definition) is 0. The van der Waals surface area contributed by atoms with E-state index < -0.39 is 6.09 Å². The number of carbonyl (C=O) groups is 1. The van der Waals surface area contributed by atoms with Crippen LogP contribution in [0.2, 0.25) is 0 Å². The summed E-state index contributed by atoms with van der Waals surface area (Å²) in [6.45, 7) is 4.48. The molecule has 4 aliphatic rings. The molecule has 4 aromatic rings. The number of pyridine rings is 2. The Balaban J connectivity index is 1.08. The third-order valence-corrected chi connectivity index (χ3v) is 8.14. The number of nitriles is 1. The van der Waals surface area contributed by atoms with Gasteiger partial charge in [0, 0.05) is 62.6 Å². The van der Waals surface area contributed by atoms with Crippen LogP contribution in [0, 0.1) is 11.3 Å². The van der Waals surface area contributed by atoms with Crippen LogP contribution in [-0.2, 0) is 11.3 Å². The Morgan fingerprint density at radius 1 is 1.10 bits per heavy atom. The maximum atomic E-state index is 12.7. The molecule has 0 aliphatic carbocycles. The van der Waals surface area contributed by atoms with Crippen molar-refractivity contribution in [3.05, 3.63) is 60.3 Å². The SMILES string of the molecule is COc1ccc(CN2[C@@H]3C[C@H]2CN(c2cnc(-c4cc(OC(=O)N5CCOCC5)cn5ncc(C#N)c45)cn2)C3)cn1. The predicted molar refractivity (Wildman–Crippen MR) is 150 cm³/mol. The molecule has 0 aromatic carbocycles. The number of rotatable bonds is 6. The first-order valence-electron chi connectivity index (χ1n) is 13.9. The number of carbonyl (C=O) groups excluding carboxylic acids is 1. The van der Waals surface area contributed by atoms with Crippen molar-refractivity contribution in [1.29, 1.82) is 5.26 Å². The lowest BCUT2D eigenvalue weighted by atomic mass is 9.87. The smallest absolute Gasteiger partial charge is 0.415 e. The number of hydrogen-bond acceptors (Lipinski definition) is 11. The number of piperidine rings is 1. The van der Waals surface area contributed by atoms with E-state index in [9.17, 15) is 10.1 Å². The molecule has 13 nitrogen and oxygen atoms in total. The third kappa shape index (κ3) is 4.84. The van der Waals surface area contributed by atoms with E-state index in [2.05, 4.69) is 32.0 Å². The molecular weight excluding hydrogens is 538 g/mol. The van der Waals surface area contributed by atoms with Crippen LogP contribution in [-0.4, -0.2) is 99.0 Å². The molecule has 2 atom stereocenters. The zero-order chi connectivity index (χ0) is 28.6. The van der Waals surface area contributed by atoms with Gasteiger partial charge in [-0.2, -0.15) is 10.4 Å². The molecule has 4 saturated heterocycles. The Morgan fingerprint density at radius 3 is 2.62 bits per heavy atom. The second-order valence-corrected chi connectivity index (χ2v) is 10.6. The summed E-state index contributed by atoms with van der Waals surface area (Å²) < 4.78 is 17.7. The first kappa shape index (κ1) is 26.1. The number of fused-ring (bicyclic) bond motifs is 3. The zero-order valence-electron chi connectivity index (χ0n) is 23.1. The van der Waals surface area contributed by atoms with E-state index in [1.807, 2.05) is 12.3 Å². The predicted octanol–water partition coefficient (Wildman–Crippen LogP) is 2.36. The van der Waals surface area contributed by atoms with Gasteiger partial charge in [-0.1, -0.05) is 6.07 Å². The largest absolute Gasteiger partial charge is 0.481 e. The molecule has 0 spiro atoms. The summed E-state index contributed by atoms with van der Waals surface area (Å²) in [6.07, 6.45) is 9.13. The number of piperazine rings is 1. The molecule has 8 rings (SSSR count). The van der Waals surface area contributed by atoms with Crippen molar-refractivity contribution in [2.75, 3.05) is 51.4 Å². The standard InChI is InChI=1S/C29H29N9O4/c1-40-27-3-2-19(11-33-27)15-37-21-8-22(37)17-36(16-21)26-14-31-25(13-32-26)24-9-23(18-38-28(24)20(10-30)12-34-38)42-29(39)35-4-6-41-7-5-35/h2-3,9,11-14,18,21-22H,4-8,15-17H2,1H3/t21-,22+. The van der Waals surface area contributed by atoms with E-state index in [0.717, 1.165) is 31.9 Å². The van der Waals surface area contributed by atoms with Crippen molar-refractivity contribution in [1.82, 2.24) is 34.4 Å². The van der Waals surface area contributed by atoms with E-state index in [4.69, 9.17) is 24.2 Å². The minimum absolute atomic E-state index is 0.302. The van der Waals surface area contributed by atoms with Gasteiger partial charge in [-0.25, -0.2) is 19.3 Å². The highest BCUT2D eigenvalue weighted by atomic mass is 16.6. The van der Waals surface area contributed by atoms with Crippen molar-refractivity contribution in [3.8, 4) is 29.0 Å². The molecule has 1 amide bonds. The average molecular weight is 568 g/mol. The van der Waals surface area contributed by atoms with E-state index in [0.29, 0.717) is 72.4 Å². The van der Waals surface area contributed by atoms with Gasteiger partial charge in [0.2, 0.25) is 5.88 Å². The molecular formula is C29H29N9O4. The Morgan fingerprint density at radius 2 is 1.93 bits per heavy atom. The lowest BCUT2D eigenvalue weighted by molar-refractivity contribution is -0.00879. The second-order valence-electron chi connectivity index (χ2n) is 10.6. The molecule has 0 unspecified atom stereocenters. The molecule has 13 heteroatoms. The first-order chi connectivity index (χ1) is 20.6. The van der Waals surface area contributed by atoms with Crippen LogP contribution in [0.25, 0.3) is 16.8 Å². The van der Waals surface area contributed by atoms with Crippen LogP contribution >= 0.6 is 0 Å². The van der Waals surface area contributed by atoms with Gasteiger partial charge in [0.05, 0.1) is 61.9 Å². The minimum Gasteiger partial charge on any atom is -0.481 e. The van der Waals surface area contributed by atoms with Crippen molar-refractivity contribution in [3.63, 3.8) is 0 Å². The number of amides is 1. The van der Waals surface area contributed by atoms with Gasteiger partial charge in [-0.15, -0.1) is 0 Å². The fourth-order valence-corrected chi connectivity index (χ4v) is 5.93. The first-order valence-corrected chi connectivity index (χ1v) is 13.9. The highest BCUT2D eigenvalue weighted by molar-refractivity contribution is 5.84. The summed E-state index contributed by atoms with van der Waals surface area (Å²) in [5.41, 5.74) is 3.31. The summed E-state index contributed by atoms with van der Waals surface area (Å²) in [4.78, 5) is 32.9. The van der Waals surface area contributed by atoms with Gasteiger partial charge in [0.15, 0.2) is 5.75 Å². The number of nitrogens with zero attached hydrogens (tertiary/aromatic N) is 9. The molecule has 4 fully saturated rings. The van der Waals surface area contributed by atoms with Crippen molar-refractivity contribution in [2.45, 2.75) is 25.0 Å². The normalized spacial score (nSPS) is 20.2. The van der Waals surface area contributed by atoms with Crippen LogP contribution in [0.4, 0.5) is 10.6 Å². The molecule has 0 saturated carbocycles. The third-order valence-electron chi connectivity index (χ3n) is 8.14. The van der Waals surface area contributed by atoms with Crippen LogP contribution < -0.4 is 14.4 Å². The molecule has 42 heavy (non-hydrogen) atoms. The number of morpholine rings is 1. The summed E-state index contributed by atoms with van der Waals surface area (Å²) in [5, 5.41) is 14.0. The van der Waals surface area contributed by atoms with E-state index >= 15 is 0 Å². The van der Waals surface area contributed by atoms with Gasteiger partial charge < -0.3 is 24.0 Å². The second kappa shape index (κ2) is 10.9. The summed E-state index contributed by atoms with van der Waals surface area (Å²) >= 11 is 0. The minimum atomic E-state index is -0.460. The van der Waals surface area contributed by atoms with Gasteiger partial charge in [0.25, 0.3) is 0 Å². The molecule has 4 aromatic heterocycles. The Kier molecular flexibility index (Phi) is 6.77. The van der Waals surface area contributed by atoms with E-state index in [1.54, 1.807) is 36.7 Å². The molecule has 4 aliphatic heterocycles. The fraction of sp³-hybridized carbons (Fsp3) is 0.379. The van der Waals surface area contributed by atoms with Crippen molar-refractivity contribution >= 4 is 17.4 Å². The van der Waals surface area contributed by atoms with Gasteiger partial charge >= 0.3 is 6.09 Å². The lowest BCUT2D eigenvalue weighted by Gasteiger charge is -2.56. The molecule has 214 valence electrons. The number of aromatic nitrogens is 5. The lowest BCUT2D eigenvalue weighted by Crippen LogP contribution is -2.68. The summed E-state index contributed by atoms with van der Waals surface area (Å²) in [6, 6.07) is 8.74. The summed E-state index contributed by atoms with van der Waals surface area (Å²) in [7, 11) is 1.62. The molecule has 0 radical (unpaired) electrons. The Bertz CT molecular complexity index is 1630.